The lowest BCUT2D eigenvalue weighted by molar-refractivity contribution is 0.877. The van der Waals surface area contributed by atoms with Crippen LogP contribution in [0.4, 0.5) is 0 Å². The monoisotopic (exact) mass is 383 g/mol. The number of fused-ring (bicyclic) bond motifs is 1. The third-order valence-electron chi connectivity index (χ3n) is 2.88. The molecule has 1 unspecified atom stereocenters. The number of rotatable bonds is 2. The zero-order chi connectivity index (χ0) is 13.4. The van der Waals surface area contributed by atoms with Gasteiger partial charge in [-0.2, -0.15) is 0 Å². The Kier molecular flexibility index (Phi) is 3.45. The second kappa shape index (κ2) is 5.09. The van der Waals surface area contributed by atoms with Gasteiger partial charge >= 0.3 is 0 Å². The normalized spacial score (nSPS) is 12.8. The summed E-state index contributed by atoms with van der Waals surface area (Å²) in [6, 6.07) is 12.1. The highest BCUT2D eigenvalue weighted by molar-refractivity contribution is 14.1. The molecule has 5 heteroatoms. The summed E-state index contributed by atoms with van der Waals surface area (Å²) in [5, 5.41) is -0.173. The van der Waals surface area contributed by atoms with E-state index in [9.17, 15) is 0 Å². The van der Waals surface area contributed by atoms with E-state index in [1.165, 1.54) is 3.57 Å². The molecule has 0 aliphatic rings. The fourth-order valence-corrected chi connectivity index (χ4v) is 2.55. The fraction of sp³-hybridized carbons (Fsp3) is 0.143. The Morgan fingerprint density at radius 1 is 1.21 bits per heavy atom. The summed E-state index contributed by atoms with van der Waals surface area (Å²) in [6.45, 7) is 1.92. The molecule has 0 radical (unpaired) electrons. The van der Waals surface area contributed by atoms with Crippen molar-refractivity contribution >= 4 is 45.4 Å². The summed E-state index contributed by atoms with van der Waals surface area (Å²) in [6.07, 6.45) is 1.77. The zero-order valence-electron chi connectivity index (χ0n) is 10.2. The smallest absolute Gasteiger partial charge is 0.164 e. The molecule has 0 N–H and O–H groups in total. The standard InChI is InChI=1S/C14H11ClIN3/c1-9(15)13-18-12-3-2-8-17-14(12)19(13)11-6-4-10(16)5-7-11/h2-9H,1H3. The molecular formula is C14H11ClIN3. The van der Waals surface area contributed by atoms with E-state index in [1.54, 1.807) is 6.20 Å². The predicted molar refractivity (Wildman–Crippen MR) is 85.9 cm³/mol. The van der Waals surface area contributed by atoms with Crippen molar-refractivity contribution in [2.24, 2.45) is 0 Å². The molecule has 0 amide bonds. The lowest BCUT2D eigenvalue weighted by Gasteiger charge is -2.09. The van der Waals surface area contributed by atoms with Crippen LogP contribution in [-0.2, 0) is 0 Å². The molecule has 1 aromatic carbocycles. The van der Waals surface area contributed by atoms with Crippen molar-refractivity contribution in [1.29, 1.82) is 0 Å². The van der Waals surface area contributed by atoms with Crippen LogP contribution in [0.1, 0.15) is 18.1 Å². The highest BCUT2D eigenvalue weighted by Gasteiger charge is 2.16. The third-order valence-corrected chi connectivity index (χ3v) is 3.80. The van der Waals surface area contributed by atoms with Gasteiger partial charge in [0.05, 0.1) is 5.38 Å². The number of hydrogen-bond acceptors (Lipinski definition) is 2. The minimum absolute atomic E-state index is 0.173. The first-order valence-corrected chi connectivity index (χ1v) is 7.41. The van der Waals surface area contributed by atoms with Crippen LogP contribution in [0.5, 0.6) is 0 Å². The number of hydrogen-bond donors (Lipinski definition) is 0. The molecule has 0 aliphatic carbocycles. The Balaban J connectivity index is 2.31. The predicted octanol–water partition coefficient (Wildman–Crippen LogP) is 4.32. The molecule has 0 saturated heterocycles. The Morgan fingerprint density at radius 2 is 1.95 bits per heavy atom. The average molecular weight is 384 g/mol. The third kappa shape index (κ3) is 2.34. The summed E-state index contributed by atoms with van der Waals surface area (Å²) in [7, 11) is 0. The first-order chi connectivity index (χ1) is 9.16. The number of imidazole rings is 1. The van der Waals surface area contributed by atoms with Gasteiger partial charge < -0.3 is 0 Å². The first-order valence-electron chi connectivity index (χ1n) is 5.90. The quantitative estimate of drug-likeness (QED) is 0.487. The Hall–Kier alpha value is -1.14. The van der Waals surface area contributed by atoms with Gasteiger partial charge in [-0.05, 0) is 65.9 Å². The summed E-state index contributed by atoms with van der Waals surface area (Å²) < 4.78 is 3.21. The molecule has 0 aliphatic heterocycles. The molecular weight excluding hydrogens is 373 g/mol. The van der Waals surface area contributed by atoms with Crippen LogP contribution < -0.4 is 0 Å². The number of aromatic nitrogens is 3. The van der Waals surface area contributed by atoms with E-state index >= 15 is 0 Å². The van der Waals surface area contributed by atoms with Gasteiger partial charge in [0.25, 0.3) is 0 Å². The van der Waals surface area contributed by atoms with E-state index in [0.717, 1.165) is 22.7 Å². The Morgan fingerprint density at radius 3 is 2.63 bits per heavy atom. The van der Waals surface area contributed by atoms with Gasteiger partial charge in [-0.1, -0.05) is 0 Å². The maximum Gasteiger partial charge on any atom is 0.164 e. The molecule has 1 atom stereocenters. The van der Waals surface area contributed by atoms with Gasteiger partial charge in [-0.15, -0.1) is 11.6 Å². The molecule has 3 aromatic rings. The van der Waals surface area contributed by atoms with Crippen LogP contribution in [-0.4, -0.2) is 14.5 Å². The highest BCUT2D eigenvalue weighted by Crippen LogP contribution is 2.27. The maximum absolute atomic E-state index is 6.25. The van der Waals surface area contributed by atoms with Crippen LogP contribution in [0.2, 0.25) is 0 Å². The number of alkyl halides is 1. The minimum atomic E-state index is -0.173. The summed E-state index contributed by atoms with van der Waals surface area (Å²) in [5.74, 6) is 0.816. The summed E-state index contributed by atoms with van der Waals surface area (Å²) >= 11 is 8.54. The van der Waals surface area contributed by atoms with Crippen molar-refractivity contribution in [2.45, 2.75) is 12.3 Å². The first kappa shape index (κ1) is 12.9. The molecule has 19 heavy (non-hydrogen) atoms. The molecule has 96 valence electrons. The summed E-state index contributed by atoms with van der Waals surface area (Å²) in [4.78, 5) is 9.00. The largest absolute Gasteiger partial charge is 0.279 e. The topological polar surface area (TPSA) is 30.7 Å². The number of benzene rings is 1. The van der Waals surface area contributed by atoms with Crippen LogP contribution in [0.25, 0.3) is 16.9 Å². The number of nitrogens with zero attached hydrogens (tertiary/aromatic N) is 3. The van der Waals surface area contributed by atoms with Gasteiger partial charge in [-0.3, -0.25) is 4.57 Å². The van der Waals surface area contributed by atoms with Crippen molar-refractivity contribution in [1.82, 2.24) is 14.5 Å². The van der Waals surface area contributed by atoms with E-state index in [-0.39, 0.29) is 5.38 Å². The zero-order valence-corrected chi connectivity index (χ0v) is 13.1. The molecule has 3 rings (SSSR count). The fourth-order valence-electron chi connectivity index (χ4n) is 2.04. The van der Waals surface area contributed by atoms with Crippen molar-refractivity contribution in [3.8, 4) is 5.69 Å². The molecule has 0 bridgehead atoms. The lowest BCUT2D eigenvalue weighted by atomic mass is 10.3. The van der Waals surface area contributed by atoms with Crippen LogP contribution >= 0.6 is 34.2 Å². The average Bonchev–Trinajstić information content (AvgIpc) is 2.79. The molecule has 0 fully saturated rings. The van der Waals surface area contributed by atoms with Gasteiger partial charge in [0, 0.05) is 15.5 Å². The maximum atomic E-state index is 6.25. The SMILES string of the molecule is CC(Cl)c1nc2cccnc2n1-c1ccc(I)cc1. The van der Waals surface area contributed by atoms with E-state index in [0.29, 0.717) is 0 Å². The van der Waals surface area contributed by atoms with Crippen molar-refractivity contribution < 1.29 is 0 Å². The second-order valence-corrected chi connectivity index (χ2v) is 6.14. The molecule has 0 spiro atoms. The molecule has 2 aromatic heterocycles. The minimum Gasteiger partial charge on any atom is -0.279 e. The van der Waals surface area contributed by atoms with Crippen molar-refractivity contribution in [2.75, 3.05) is 0 Å². The van der Waals surface area contributed by atoms with Crippen molar-refractivity contribution in [3.63, 3.8) is 0 Å². The highest BCUT2D eigenvalue weighted by atomic mass is 127. The molecule has 0 saturated carbocycles. The van der Waals surface area contributed by atoms with Gasteiger partial charge in [-0.25, -0.2) is 9.97 Å². The van der Waals surface area contributed by atoms with Gasteiger partial charge in [0.15, 0.2) is 5.65 Å². The van der Waals surface area contributed by atoms with E-state index in [2.05, 4.69) is 56.8 Å². The van der Waals surface area contributed by atoms with Crippen molar-refractivity contribution in [3.05, 3.63) is 52.0 Å². The Labute approximate surface area is 129 Å². The molecule has 3 nitrogen and oxygen atoms in total. The molecule has 2 heterocycles. The van der Waals surface area contributed by atoms with Crippen LogP contribution in [0, 0.1) is 3.57 Å². The number of halogens is 2. The Bertz CT molecular complexity index is 719. The second-order valence-electron chi connectivity index (χ2n) is 4.24. The van der Waals surface area contributed by atoms with Crippen LogP contribution in [0.3, 0.4) is 0 Å². The van der Waals surface area contributed by atoms with E-state index in [4.69, 9.17) is 11.6 Å². The van der Waals surface area contributed by atoms with E-state index < -0.39 is 0 Å². The van der Waals surface area contributed by atoms with Crippen LogP contribution in [0.15, 0.2) is 42.6 Å². The van der Waals surface area contributed by atoms with Gasteiger partial charge in [0.2, 0.25) is 0 Å². The summed E-state index contributed by atoms with van der Waals surface area (Å²) in [5.41, 5.74) is 2.74. The number of pyridine rings is 1. The van der Waals surface area contributed by atoms with E-state index in [1.807, 2.05) is 23.6 Å². The lowest BCUT2D eigenvalue weighted by Crippen LogP contribution is -2.02. The van der Waals surface area contributed by atoms with Gasteiger partial charge in [0.1, 0.15) is 11.3 Å².